The molecule has 2 aromatic rings. The smallest absolute Gasteiger partial charge is 0.326 e. The number of oxazole rings is 1. The maximum Gasteiger partial charge on any atom is 0.326 e. The summed E-state index contributed by atoms with van der Waals surface area (Å²) >= 11 is 0. The zero-order valence-electron chi connectivity index (χ0n) is 14.5. The number of likely N-dealkylation sites (tertiary alicyclic amines) is 1. The van der Waals surface area contributed by atoms with Crippen molar-refractivity contribution in [2.75, 3.05) is 0 Å². The summed E-state index contributed by atoms with van der Waals surface area (Å²) in [6.07, 6.45) is 6.22. The van der Waals surface area contributed by atoms with Crippen LogP contribution < -0.4 is 0 Å². The number of fused-ring (bicyclic) bond motifs is 1. The molecule has 2 heterocycles. The normalized spacial score (nSPS) is 25.1. The average molecular weight is 354 g/mol. The molecule has 2 aliphatic rings. The number of aliphatic carboxylic acids is 1. The Morgan fingerprint density at radius 2 is 1.96 bits per heavy atom. The van der Waals surface area contributed by atoms with E-state index in [4.69, 9.17) is 4.42 Å². The number of carboxylic acid groups (broad SMARTS) is 1. The van der Waals surface area contributed by atoms with Crippen molar-refractivity contribution < 1.29 is 19.1 Å². The summed E-state index contributed by atoms with van der Waals surface area (Å²) in [6, 6.07) is 8.84. The zero-order valence-corrected chi connectivity index (χ0v) is 14.5. The predicted molar refractivity (Wildman–Crippen MR) is 94.3 cm³/mol. The number of carbonyl (C=O) groups is 2. The van der Waals surface area contributed by atoms with Crippen LogP contribution in [0, 0.1) is 5.92 Å². The van der Waals surface area contributed by atoms with E-state index in [0.29, 0.717) is 23.9 Å². The quantitative estimate of drug-likeness (QED) is 0.912. The number of benzene rings is 1. The van der Waals surface area contributed by atoms with Crippen molar-refractivity contribution in [2.24, 2.45) is 5.92 Å². The first-order chi connectivity index (χ1) is 12.6. The highest BCUT2D eigenvalue weighted by molar-refractivity contribution is 5.86. The van der Waals surface area contributed by atoms with Crippen molar-refractivity contribution in [3.05, 3.63) is 42.3 Å². The van der Waals surface area contributed by atoms with Crippen molar-refractivity contribution in [1.29, 1.82) is 0 Å². The summed E-state index contributed by atoms with van der Waals surface area (Å²) in [5.41, 5.74) is 1.39. The summed E-state index contributed by atoms with van der Waals surface area (Å²) in [7, 11) is 0. The van der Waals surface area contributed by atoms with Crippen LogP contribution in [0.4, 0.5) is 0 Å². The van der Waals surface area contributed by atoms with Gasteiger partial charge in [0.25, 0.3) is 0 Å². The molecule has 0 radical (unpaired) electrons. The third-order valence-electron chi connectivity index (χ3n) is 5.57. The first-order valence-corrected chi connectivity index (χ1v) is 9.17. The van der Waals surface area contributed by atoms with Gasteiger partial charge in [0.1, 0.15) is 12.3 Å². The van der Waals surface area contributed by atoms with Gasteiger partial charge in [-0.1, -0.05) is 31.0 Å². The van der Waals surface area contributed by atoms with Crippen LogP contribution in [-0.4, -0.2) is 39.0 Å². The second-order valence-corrected chi connectivity index (χ2v) is 7.19. The van der Waals surface area contributed by atoms with Crippen molar-refractivity contribution >= 4 is 11.9 Å². The van der Waals surface area contributed by atoms with Gasteiger partial charge in [-0.2, -0.15) is 0 Å². The van der Waals surface area contributed by atoms with Crippen LogP contribution in [0.5, 0.6) is 0 Å². The third kappa shape index (κ3) is 3.11. The zero-order chi connectivity index (χ0) is 18.1. The second-order valence-electron chi connectivity index (χ2n) is 7.19. The third-order valence-corrected chi connectivity index (χ3v) is 5.57. The van der Waals surface area contributed by atoms with Crippen molar-refractivity contribution in [3.8, 4) is 11.5 Å². The predicted octanol–water partition coefficient (Wildman–Crippen LogP) is 3.13. The van der Waals surface area contributed by atoms with Crippen LogP contribution >= 0.6 is 0 Å². The number of rotatable bonds is 4. The Morgan fingerprint density at radius 3 is 2.73 bits per heavy atom. The monoisotopic (exact) mass is 354 g/mol. The van der Waals surface area contributed by atoms with Crippen LogP contribution in [0.1, 0.15) is 37.8 Å². The SMILES string of the molecule is O=C(O)[C@@H]1C[C@H]2CCCC[C@H]2N1C(=O)Cc1coc(-c2ccccc2)n1. The lowest BCUT2D eigenvalue weighted by Crippen LogP contribution is -2.46. The standard InChI is InChI=1S/C20H22N2O4/c23-18(11-15-12-26-19(21-15)13-6-2-1-3-7-13)22-16-9-5-4-8-14(16)10-17(22)20(24)25/h1-3,6-7,12,14,16-17H,4-5,8-11H2,(H,24,25)/t14-,16-,17+/m1/s1. The number of hydrogen-bond acceptors (Lipinski definition) is 4. The largest absolute Gasteiger partial charge is 0.480 e. The summed E-state index contributed by atoms with van der Waals surface area (Å²) in [5, 5.41) is 9.57. The lowest BCUT2D eigenvalue weighted by molar-refractivity contribution is -0.149. The lowest BCUT2D eigenvalue weighted by Gasteiger charge is -2.32. The van der Waals surface area contributed by atoms with Gasteiger partial charge in [0.15, 0.2) is 0 Å². The Kier molecular flexibility index (Phi) is 4.49. The summed E-state index contributed by atoms with van der Waals surface area (Å²) in [4.78, 5) is 30.6. The fourth-order valence-electron chi connectivity index (χ4n) is 4.39. The molecule has 1 saturated carbocycles. The van der Waals surface area contributed by atoms with Crippen LogP contribution in [0.15, 0.2) is 41.0 Å². The minimum atomic E-state index is -0.905. The highest BCUT2D eigenvalue weighted by atomic mass is 16.4. The van der Waals surface area contributed by atoms with E-state index < -0.39 is 12.0 Å². The molecule has 1 aromatic carbocycles. The van der Waals surface area contributed by atoms with Gasteiger partial charge in [0.2, 0.25) is 11.8 Å². The highest BCUT2D eigenvalue weighted by Crippen LogP contribution is 2.40. The van der Waals surface area contributed by atoms with Gasteiger partial charge in [-0.3, -0.25) is 4.79 Å². The minimum Gasteiger partial charge on any atom is -0.480 e. The molecule has 1 aliphatic heterocycles. The van der Waals surface area contributed by atoms with E-state index in [0.717, 1.165) is 31.2 Å². The van der Waals surface area contributed by atoms with Gasteiger partial charge in [0.05, 0.1) is 12.1 Å². The maximum atomic E-state index is 12.9. The molecule has 1 amide bonds. The molecule has 6 nitrogen and oxygen atoms in total. The Hall–Kier alpha value is -2.63. The number of aromatic nitrogens is 1. The van der Waals surface area contributed by atoms with E-state index in [1.54, 1.807) is 4.90 Å². The Balaban J connectivity index is 1.52. The van der Waals surface area contributed by atoms with E-state index >= 15 is 0 Å². The minimum absolute atomic E-state index is 0.0536. The molecule has 3 atom stereocenters. The van der Waals surface area contributed by atoms with E-state index in [-0.39, 0.29) is 18.4 Å². The molecule has 0 unspecified atom stereocenters. The molecule has 136 valence electrons. The molecule has 1 aromatic heterocycles. The van der Waals surface area contributed by atoms with Crippen LogP contribution in [0.3, 0.4) is 0 Å². The van der Waals surface area contributed by atoms with Gasteiger partial charge in [-0.15, -0.1) is 0 Å². The van der Waals surface area contributed by atoms with Crippen molar-refractivity contribution in [1.82, 2.24) is 9.88 Å². The molecule has 1 aliphatic carbocycles. The van der Waals surface area contributed by atoms with Gasteiger partial charge in [-0.05, 0) is 37.3 Å². The molecule has 0 spiro atoms. The fourth-order valence-corrected chi connectivity index (χ4v) is 4.39. The number of hydrogen-bond donors (Lipinski definition) is 1. The van der Waals surface area contributed by atoms with E-state index in [1.165, 1.54) is 6.26 Å². The first kappa shape index (κ1) is 16.8. The van der Waals surface area contributed by atoms with Crippen LogP contribution in [0.25, 0.3) is 11.5 Å². The number of carboxylic acids is 1. The van der Waals surface area contributed by atoms with Gasteiger partial charge in [-0.25, -0.2) is 9.78 Å². The van der Waals surface area contributed by atoms with Gasteiger partial charge >= 0.3 is 5.97 Å². The van der Waals surface area contributed by atoms with Crippen molar-refractivity contribution in [3.63, 3.8) is 0 Å². The van der Waals surface area contributed by atoms with E-state index in [1.807, 2.05) is 30.3 Å². The molecule has 1 N–H and O–H groups in total. The Labute approximate surface area is 151 Å². The molecule has 1 saturated heterocycles. The Morgan fingerprint density at radius 1 is 1.19 bits per heavy atom. The number of carbonyl (C=O) groups excluding carboxylic acids is 1. The number of amides is 1. The van der Waals surface area contributed by atoms with Crippen LogP contribution in [0.2, 0.25) is 0 Å². The van der Waals surface area contributed by atoms with Crippen molar-refractivity contribution in [2.45, 2.75) is 50.6 Å². The molecule has 2 fully saturated rings. The molecule has 6 heteroatoms. The molecule has 26 heavy (non-hydrogen) atoms. The second kappa shape index (κ2) is 6.94. The average Bonchev–Trinajstić information content (AvgIpc) is 3.27. The Bertz CT molecular complexity index is 801. The summed E-state index contributed by atoms with van der Waals surface area (Å²) in [5.74, 6) is -0.288. The van der Waals surface area contributed by atoms with E-state index in [9.17, 15) is 14.7 Å². The van der Waals surface area contributed by atoms with Gasteiger partial charge in [0, 0.05) is 11.6 Å². The first-order valence-electron chi connectivity index (χ1n) is 9.17. The molecular weight excluding hydrogens is 332 g/mol. The molecule has 4 rings (SSSR count). The van der Waals surface area contributed by atoms with E-state index in [2.05, 4.69) is 4.98 Å². The maximum absolute atomic E-state index is 12.9. The highest BCUT2D eigenvalue weighted by Gasteiger charge is 2.47. The van der Waals surface area contributed by atoms with Crippen LogP contribution in [-0.2, 0) is 16.0 Å². The van der Waals surface area contributed by atoms with Gasteiger partial charge < -0.3 is 14.4 Å². The number of nitrogens with zero attached hydrogens (tertiary/aromatic N) is 2. The lowest BCUT2D eigenvalue weighted by atomic mass is 9.84. The summed E-state index contributed by atoms with van der Waals surface area (Å²) < 4.78 is 5.50. The molecule has 0 bridgehead atoms. The topological polar surface area (TPSA) is 83.6 Å². The fraction of sp³-hybridized carbons (Fsp3) is 0.450. The molecular formula is C20H22N2O4. The summed E-state index contributed by atoms with van der Waals surface area (Å²) in [6.45, 7) is 0.